The molecule has 0 amide bonds. The van der Waals surface area contributed by atoms with Crippen LogP contribution in [0.25, 0.3) is 22.3 Å². The highest BCUT2D eigenvalue weighted by Crippen LogP contribution is 2.42. The lowest BCUT2D eigenvalue weighted by atomic mass is 10.0. The van der Waals surface area contributed by atoms with E-state index in [-0.39, 0.29) is 23.2 Å². The molecule has 2 heterocycles. The second-order valence-electron chi connectivity index (χ2n) is 6.98. The first-order valence-electron chi connectivity index (χ1n) is 9.35. The fourth-order valence-corrected chi connectivity index (χ4v) is 3.31. The third kappa shape index (κ3) is 3.74. The zero-order valence-electron chi connectivity index (χ0n) is 16.2. The van der Waals surface area contributed by atoms with Crippen molar-refractivity contribution in [1.82, 2.24) is 0 Å². The standard InChI is InChI=1S/C21H18O11/c22-8-29-20-18(27)17(26)19(28)21(32-20)31-13-7-12-14(16(25)15(13)24)10(23)6-11(30-12)9-4-2-1-3-5-9/h1-8,17-21,24-28H. The normalized spacial score (nSPS) is 25.4. The summed E-state index contributed by atoms with van der Waals surface area (Å²) >= 11 is 0. The number of phenolic OH excluding ortho intramolecular Hbond substituents is 2. The summed E-state index contributed by atoms with van der Waals surface area (Å²) in [5.74, 6) is -1.98. The molecule has 0 spiro atoms. The van der Waals surface area contributed by atoms with Gasteiger partial charge in [0.2, 0.25) is 18.3 Å². The Balaban J connectivity index is 1.75. The molecule has 0 aliphatic carbocycles. The molecule has 4 rings (SSSR count). The predicted octanol–water partition coefficient (Wildman–Crippen LogP) is 0.188. The fraction of sp³-hybridized carbons (Fsp3) is 0.238. The van der Waals surface area contributed by atoms with E-state index in [1.807, 2.05) is 0 Å². The lowest BCUT2D eigenvalue weighted by Gasteiger charge is -2.38. The predicted molar refractivity (Wildman–Crippen MR) is 106 cm³/mol. The first-order chi connectivity index (χ1) is 15.3. The maximum atomic E-state index is 12.5. The first kappa shape index (κ1) is 21.6. The van der Waals surface area contributed by atoms with Gasteiger partial charge in [-0.05, 0) is 0 Å². The molecule has 1 fully saturated rings. The van der Waals surface area contributed by atoms with Gasteiger partial charge in [-0.2, -0.15) is 0 Å². The Morgan fingerprint density at radius 2 is 1.59 bits per heavy atom. The maximum absolute atomic E-state index is 12.5. The van der Waals surface area contributed by atoms with Gasteiger partial charge in [0.05, 0.1) is 0 Å². The fourth-order valence-electron chi connectivity index (χ4n) is 3.31. The van der Waals surface area contributed by atoms with Crippen LogP contribution in [0.1, 0.15) is 0 Å². The molecule has 5 N–H and O–H groups in total. The molecular weight excluding hydrogens is 428 g/mol. The summed E-state index contributed by atoms with van der Waals surface area (Å²) in [5, 5.41) is 50.3. The van der Waals surface area contributed by atoms with Crippen LogP contribution in [0, 0.1) is 0 Å². The molecule has 168 valence electrons. The molecule has 5 unspecified atom stereocenters. The number of carbonyl (C=O) groups is 1. The van der Waals surface area contributed by atoms with Crippen molar-refractivity contribution in [2.24, 2.45) is 0 Å². The first-order valence-corrected chi connectivity index (χ1v) is 9.35. The van der Waals surface area contributed by atoms with Crippen molar-refractivity contribution < 1.29 is 49.0 Å². The Bertz CT molecular complexity index is 1190. The molecule has 5 atom stereocenters. The monoisotopic (exact) mass is 446 g/mol. The van der Waals surface area contributed by atoms with Gasteiger partial charge >= 0.3 is 0 Å². The second-order valence-corrected chi connectivity index (χ2v) is 6.98. The van der Waals surface area contributed by atoms with Gasteiger partial charge in [0, 0.05) is 17.7 Å². The zero-order valence-corrected chi connectivity index (χ0v) is 16.2. The van der Waals surface area contributed by atoms with Gasteiger partial charge in [-0.25, -0.2) is 0 Å². The van der Waals surface area contributed by atoms with Crippen molar-refractivity contribution in [1.29, 1.82) is 0 Å². The van der Waals surface area contributed by atoms with E-state index >= 15 is 0 Å². The Labute approximate surface area is 179 Å². The van der Waals surface area contributed by atoms with Gasteiger partial charge in [0.15, 0.2) is 16.9 Å². The topological polar surface area (TPSA) is 176 Å². The summed E-state index contributed by atoms with van der Waals surface area (Å²) in [6.45, 7) is -0.0333. The summed E-state index contributed by atoms with van der Waals surface area (Å²) in [7, 11) is 0. The molecule has 32 heavy (non-hydrogen) atoms. The van der Waals surface area contributed by atoms with Crippen LogP contribution in [0.3, 0.4) is 0 Å². The number of benzene rings is 2. The Morgan fingerprint density at radius 3 is 2.28 bits per heavy atom. The molecule has 3 aromatic rings. The minimum absolute atomic E-state index is 0.0333. The minimum atomic E-state index is -1.82. The smallest absolute Gasteiger partial charge is 0.295 e. The molecule has 1 aliphatic rings. The zero-order chi connectivity index (χ0) is 23.0. The van der Waals surface area contributed by atoms with Crippen molar-refractivity contribution in [2.75, 3.05) is 0 Å². The Morgan fingerprint density at radius 1 is 0.906 bits per heavy atom. The number of aliphatic hydroxyl groups is 3. The lowest BCUT2D eigenvalue weighted by molar-refractivity contribution is -0.321. The molecule has 1 aliphatic heterocycles. The Kier molecular flexibility index (Phi) is 5.72. The lowest BCUT2D eigenvalue weighted by Crippen LogP contribution is -2.59. The molecule has 1 saturated heterocycles. The van der Waals surface area contributed by atoms with E-state index in [9.17, 15) is 35.1 Å². The molecule has 11 nitrogen and oxygen atoms in total. The summed E-state index contributed by atoms with van der Waals surface area (Å²) < 4.78 is 20.7. The van der Waals surface area contributed by atoms with Crippen LogP contribution in [0.5, 0.6) is 17.2 Å². The van der Waals surface area contributed by atoms with Crippen molar-refractivity contribution >= 4 is 17.4 Å². The molecule has 1 aromatic heterocycles. The van der Waals surface area contributed by atoms with Crippen LogP contribution in [0.2, 0.25) is 0 Å². The highest BCUT2D eigenvalue weighted by Gasteiger charge is 2.46. The largest absolute Gasteiger partial charge is 0.504 e. The number of phenols is 2. The number of ether oxygens (including phenoxy) is 3. The van der Waals surface area contributed by atoms with E-state index in [1.165, 1.54) is 0 Å². The second kappa shape index (κ2) is 8.48. The number of fused-ring (bicyclic) bond motifs is 1. The Hall–Kier alpha value is -3.64. The summed E-state index contributed by atoms with van der Waals surface area (Å²) in [6.07, 6.45) is -8.81. The van der Waals surface area contributed by atoms with Gasteiger partial charge in [-0.3, -0.25) is 14.3 Å². The van der Waals surface area contributed by atoms with Gasteiger partial charge < -0.3 is 39.4 Å². The molecule has 0 saturated carbocycles. The molecule has 11 heteroatoms. The van der Waals surface area contributed by atoms with E-state index in [2.05, 4.69) is 4.74 Å². The number of hydrogen-bond donors (Lipinski definition) is 5. The molecule has 0 radical (unpaired) electrons. The highest BCUT2D eigenvalue weighted by atomic mass is 16.8. The number of carbonyl (C=O) groups excluding carboxylic acids is 1. The average molecular weight is 446 g/mol. The van der Waals surface area contributed by atoms with Crippen molar-refractivity contribution in [3.05, 3.63) is 52.7 Å². The van der Waals surface area contributed by atoms with Crippen LogP contribution in [-0.4, -0.2) is 62.9 Å². The number of hydrogen-bond acceptors (Lipinski definition) is 11. The van der Waals surface area contributed by atoms with E-state index in [4.69, 9.17) is 13.9 Å². The van der Waals surface area contributed by atoms with Gasteiger partial charge in [0.1, 0.15) is 35.0 Å². The van der Waals surface area contributed by atoms with Crippen LogP contribution in [0.4, 0.5) is 0 Å². The quantitative estimate of drug-likeness (QED) is 0.267. The molecule has 0 bridgehead atoms. The SMILES string of the molecule is O=COC1OC(Oc2cc3oc(-c4ccccc4)cc(=O)c3c(O)c2O)C(O)C(O)C1O. The van der Waals surface area contributed by atoms with Crippen molar-refractivity contribution in [3.63, 3.8) is 0 Å². The van der Waals surface area contributed by atoms with Gasteiger partial charge in [0.25, 0.3) is 6.47 Å². The number of rotatable bonds is 5. The van der Waals surface area contributed by atoms with Crippen LogP contribution in [0.15, 0.2) is 51.7 Å². The van der Waals surface area contributed by atoms with Crippen LogP contribution in [-0.2, 0) is 14.3 Å². The van der Waals surface area contributed by atoms with Gasteiger partial charge in [-0.15, -0.1) is 0 Å². The van der Waals surface area contributed by atoms with E-state index in [0.29, 0.717) is 5.56 Å². The van der Waals surface area contributed by atoms with E-state index < -0.39 is 53.6 Å². The van der Waals surface area contributed by atoms with Crippen molar-refractivity contribution in [2.45, 2.75) is 30.9 Å². The highest BCUT2D eigenvalue weighted by molar-refractivity contribution is 5.89. The number of aromatic hydroxyl groups is 2. The molecular formula is C21H18O11. The maximum Gasteiger partial charge on any atom is 0.295 e. The summed E-state index contributed by atoms with van der Waals surface area (Å²) in [5.41, 5.74) is -0.192. The average Bonchev–Trinajstić information content (AvgIpc) is 2.79. The third-order valence-electron chi connectivity index (χ3n) is 4.95. The van der Waals surface area contributed by atoms with Crippen LogP contribution < -0.4 is 10.2 Å². The third-order valence-corrected chi connectivity index (χ3v) is 4.95. The van der Waals surface area contributed by atoms with E-state index in [1.54, 1.807) is 30.3 Å². The number of aliphatic hydroxyl groups excluding tert-OH is 3. The van der Waals surface area contributed by atoms with Crippen LogP contribution >= 0.6 is 0 Å². The van der Waals surface area contributed by atoms with Crippen molar-refractivity contribution in [3.8, 4) is 28.6 Å². The minimum Gasteiger partial charge on any atom is -0.504 e. The molecule has 2 aromatic carbocycles. The summed E-state index contributed by atoms with van der Waals surface area (Å²) in [6, 6.07) is 10.9. The van der Waals surface area contributed by atoms with E-state index in [0.717, 1.165) is 12.1 Å². The summed E-state index contributed by atoms with van der Waals surface area (Å²) in [4.78, 5) is 23.1. The van der Waals surface area contributed by atoms with Gasteiger partial charge in [-0.1, -0.05) is 30.3 Å².